The van der Waals surface area contributed by atoms with Crippen LogP contribution in [0.4, 0.5) is 4.79 Å². The van der Waals surface area contributed by atoms with E-state index >= 15 is 0 Å². The third kappa shape index (κ3) is 4.43. The second kappa shape index (κ2) is 7.88. The van der Waals surface area contributed by atoms with Crippen LogP contribution in [0.5, 0.6) is 0 Å². The molecule has 1 heterocycles. The number of likely N-dealkylation sites (tertiary alicyclic amines) is 1. The average Bonchev–Trinajstić information content (AvgIpc) is 3.19. The molecule has 0 aromatic heterocycles. The van der Waals surface area contributed by atoms with Crippen LogP contribution in [-0.2, 0) is 21.1 Å². The van der Waals surface area contributed by atoms with Crippen LogP contribution in [-0.4, -0.2) is 61.6 Å². The van der Waals surface area contributed by atoms with Crippen molar-refractivity contribution in [1.29, 1.82) is 0 Å². The van der Waals surface area contributed by atoms with Crippen LogP contribution in [0.15, 0.2) is 30.3 Å². The summed E-state index contributed by atoms with van der Waals surface area (Å²) in [5, 5.41) is 12.2. The number of aryl methyl sites for hydroxylation is 1. The Morgan fingerprint density at radius 1 is 1.22 bits per heavy atom. The number of hydrogen-bond donors (Lipinski definition) is 2. The van der Waals surface area contributed by atoms with Crippen molar-refractivity contribution in [3.05, 3.63) is 35.9 Å². The minimum absolute atomic E-state index is 0.00430. The van der Waals surface area contributed by atoms with Crippen LogP contribution in [0.1, 0.15) is 24.8 Å². The zero-order valence-electron chi connectivity index (χ0n) is 15.3. The van der Waals surface area contributed by atoms with E-state index in [-0.39, 0.29) is 36.5 Å². The van der Waals surface area contributed by atoms with Gasteiger partial charge < -0.3 is 15.3 Å². The van der Waals surface area contributed by atoms with E-state index < -0.39 is 21.2 Å². The van der Waals surface area contributed by atoms with Crippen molar-refractivity contribution in [2.45, 2.75) is 25.7 Å². The SMILES string of the molecule is O=C(NCCS(=O)(=O)CCc1ccccc1)N1C[C@@H]2CCC[C@@]2(C(=O)O)C1. The number of nitrogens with zero attached hydrogens (tertiary/aromatic N) is 1. The normalized spacial score (nSPS) is 24.6. The first-order chi connectivity index (χ1) is 12.8. The van der Waals surface area contributed by atoms with Crippen LogP contribution in [0, 0.1) is 11.3 Å². The number of carboxylic acid groups (broad SMARTS) is 1. The fraction of sp³-hybridized carbons (Fsp3) is 0.579. The molecule has 0 radical (unpaired) electrons. The molecule has 8 heteroatoms. The largest absolute Gasteiger partial charge is 0.481 e. The van der Waals surface area contributed by atoms with E-state index in [2.05, 4.69) is 5.32 Å². The first-order valence-electron chi connectivity index (χ1n) is 9.33. The van der Waals surface area contributed by atoms with Gasteiger partial charge in [-0.15, -0.1) is 0 Å². The number of carbonyl (C=O) groups excluding carboxylic acids is 1. The highest BCUT2D eigenvalue weighted by Crippen LogP contribution is 2.48. The second-order valence-corrected chi connectivity index (χ2v) is 9.85. The van der Waals surface area contributed by atoms with E-state index in [9.17, 15) is 23.1 Å². The monoisotopic (exact) mass is 394 g/mol. The van der Waals surface area contributed by atoms with Crippen molar-refractivity contribution >= 4 is 21.8 Å². The maximum atomic E-state index is 12.3. The number of sulfone groups is 1. The van der Waals surface area contributed by atoms with Crippen LogP contribution >= 0.6 is 0 Å². The fourth-order valence-electron chi connectivity index (χ4n) is 4.24. The molecule has 2 aliphatic rings. The van der Waals surface area contributed by atoms with E-state index in [1.54, 1.807) is 0 Å². The van der Waals surface area contributed by atoms with Gasteiger partial charge in [0, 0.05) is 19.6 Å². The number of nitrogens with one attached hydrogen (secondary N) is 1. The molecule has 1 aliphatic heterocycles. The van der Waals surface area contributed by atoms with E-state index in [0.717, 1.165) is 18.4 Å². The number of amides is 2. The highest BCUT2D eigenvalue weighted by molar-refractivity contribution is 7.91. The quantitative estimate of drug-likeness (QED) is 0.730. The number of aliphatic carboxylic acids is 1. The maximum Gasteiger partial charge on any atom is 0.317 e. The molecule has 27 heavy (non-hydrogen) atoms. The molecular weight excluding hydrogens is 368 g/mol. The molecule has 1 saturated carbocycles. The predicted octanol–water partition coefficient (Wildman–Crippen LogP) is 1.54. The van der Waals surface area contributed by atoms with Crippen LogP contribution < -0.4 is 5.32 Å². The van der Waals surface area contributed by atoms with Gasteiger partial charge >= 0.3 is 12.0 Å². The smallest absolute Gasteiger partial charge is 0.317 e. The van der Waals surface area contributed by atoms with Gasteiger partial charge in [0.1, 0.15) is 0 Å². The molecule has 1 aromatic carbocycles. The lowest BCUT2D eigenvalue weighted by Gasteiger charge is -2.23. The van der Waals surface area contributed by atoms with E-state index in [0.29, 0.717) is 19.4 Å². The van der Waals surface area contributed by atoms with Crippen molar-refractivity contribution in [2.24, 2.45) is 11.3 Å². The molecule has 1 saturated heterocycles. The molecule has 1 aromatic rings. The lowest BCUT2D eigenvalue weighted by molar-refractivity contribution is -0.149. The Bertz CT molecular complexity index is 796. The first kappa shape index (κ1) is 19.7. The summed E-state index contributed by atoms with van der Waals surface area (Å²) in [5.74, 6) is -0.910. The van der Waals surface area contributed by atoms with E-state index in [1.807, 2.05) is 30.3 Å². The van der Waals surface area contributed by atoms with E-state index in [4.69, 9.17) is 0 Å². The summed E-state index contributed by atoms with van der Waals surface area (Å²) in [6.07, 6.45) is 2.76. The Hall–Kier alpha value is -2.09. The summed E-state index contributed by atoms with van der Waals surface area (Å²) in [7, 11) is -3.27. The van der Waals surface area contributed by atoms with Crippen molar-refractivity contribution in [1.82, 2.24) is 10.2 Å². The van der Waals surface area contributed by atoms with Gasteiger partial charge in [-0.1, -0.05) is 36.8 Å². The minimum Gasteiger partial charge on any atom is -0.481 e. The number of fused-ring (bicyclic) bond motifs is 1. The number of carbonyl (C=O) groups is 2. The summed E-state index contributed by atoms with van der Waals surface area (Å²) < 4.78 is 24.3. The highest BCUT2D eigenvalue weighted by Gasteiger charge is 2.55. The zero-order chi connectivity index (χ0) is 19.5. The second-order valence-electron chi connectivity index (χ2n) is 7.55. The number of carboxylic acids is 1. The fourth-order valence-corrected chi connectivity index (χ4v) is 5.40. The maximum absolute atomic E-state index is 12.3. The van der Waals surface area contributed by atoms with Crippen molar-refractivity contribution < 1.29 is 23.1 Å². The summed E-state index contributed by atoms with van der Waals surface area (Å²) in [4.78, 5) is 25.5. The lowest BCUT2D eigenvalue weighted by atomic mass is 9.81. The molecule has 0 unspecified atom stereocenters. The summed E-state index contributed by atoms with van der Waals surface area (Å²) >= 11 is 0. The first-order valence-corrected chi connectivity index (χ1v) is 11.2. The molecule has 0 bridgehead atoms. The zero-order valence-corrected chi connectivity index (χ0v) is 16.1. The lowest BCUT2D eigenvalue weighted by Crippen LogP contribution is -2.43. The van der Waals surface area contributed by atoms with Gasteiger partial charge in [0.15, 0.2) is 9.84 Å². The summed E-state index contributed by atoms with van der Waals surface area (Å²) in [6.45, 7) is 0.676. The van der Waals surface area contributed by atoms with Crippen LogP contribution in [0.25, 0.3) is 0 Å². The number of rotatable bonds is 7. The molecule has 0 spiro atoms. The Balaban J connectivity index is 1.45. The highest BCUT2D eigenvalue weighted by atomic mass is 32.2. The number of urea groups is 1. The predicted molar refractivity (Wildman–Crippen MR) is 101 cm³/mol. The Labute approximate surface area is 159 Å². The summed E-state index contributed by atoms with van der Waals surface area (Å²) in [5.41, 5.74) is 0.145. The topological polar surface area (TPSA) is 104 Å². The standard InChI is InChI=1S/C19H26N2O5S/c22-17(23)19-9-4-7-16(19)13-21(14-19)18(24)20-10-12-27(25,26)11-8-15-5-2-1-3-6-15/h1-3,5-6,16H,4,7-14H2,(H,20,24)(H,22,23)/t16-,19+/m0/s1. The van der Waals surface area contributed by atoms with Gasteiger partial charge in [0.05, 0.1) is 16.9 Å². The Kier molecular flexibility index (Phi) is 5.74. The molecule has 2 fully saturated rings. The molecule has 2 N–H and O–H groups in total. The summed E-state index contributed by atoms with van der Waals surface area (Å²) in [6, 6.07) is 9.03. The third-order valence-electron chi connectivity index (χ3n) is 5.82. The van der Waals surface area contributed by atoms with Crippen LogP contribution in [0.2, 0.25) is 0 Å². The van der Waals surface area contributed by atoms with Gasteiger partial charge in [0.2, 0.25) is 0 Å². The average molecular weight is 394 g/mol. The molecule has 1 aliphatic carbocycles. The Morgan fingerprint density at radius 3 is 2.63 bits per heavy atom. The van der Waals surface area contributed by atoms with Gasteiger partial charge in [-0.25, -0.2) is 13.2 Å². The van der Waals surface area contributed by atoms with Gasteiger partial charge in [-0.05, 0) is 30.7 Å². The number of hydrogen-bond acceptors (Lipinski definition) is 4. The third-order valence-corrected chi connectivity index (χ3v) is 7.47. The molecule has 2 atom stereocenters. The molecular formula is C19H26N2O5S. The van der Waals surface area contributed by atoms with Gasteiger partial charge in [-0.3, -0.25) is 4.79 Å². The van der Waals surface area contributed by atoms with Gasteiger partial charge in [0.25, 0.3) is 0 Å². The van der Waals surface area contributed by atoms with Crippen molar-refractivity contribution in [2.75, 3.05) is 31.1 Å². The molecule has 2 amide bonds. The van der Waals surface area contributed by atoms with Crippen molar-refractivity contribution in [3.8, 4) is 0 Å². The van der Waals surface area contributed by atoms with Crippen LogP contribution in [0.3, 0.4) is 0 Å². The molecule has 7 nitrogen and oxygen atoms in total. The minimum atomic E-state index is -3.27. The Morgan fingerprint density at radius 2 is 1.96 bits per heavy atom. The molecule has 3 rings (SSSR count). The van der Waals surface area contributed by atoms with Crippen molar-refractivity contribution in [3.63, 3.8) is 0 Å². The van der Waals surface area contributed by atoms with Gasteiger partial charge in [-0.2, -0.15) is 0 Å². The number of benzene rings is 1. The van der Waals surface area contributed by atoms with E-state index in [1.165, 1.54) is 4.90 Å². The molecule has 148 valence electrons.